The zero-order valence-corrected chi connectivity index (χ0v) is 15.1. The average molecular weight is 416 g/mol. The van der Waals surface area contributed by atoms with Gasteiger partial charge in [0.2, 0.25) is 5.91 Å². The molecule has 2 aromatic rings. The number of hydrogen-bond acceptors (Lipinski definition) is 4. The normalized spacial score (nSPS) is 10.5. The van der Waals surface area contributed by atoms with Gasteiger partial charge in [0, 0.05) is 10.2 Å². The molecule has 8 heteroatoms. The number of amides is 1. The Labute approximate surface area is 152 Å². The molecular formula is C17H16BrF2NO4. The third kappa shape index (κ3) is 5.32. The van der Waals surface area contributed by atoms with E-state index in [-0.39, 0.29) is 18.1 Å². The van der Waals surface area contributed by atoms with Crippen molar-refractivity contribution in [3.05, 3.63) is 46.4 Å². The minimum absolute atomic E-state index is 0.0237. The lowest BCUT2D eigenvalue weighted by molar-refractivity contribution is -0.115. The fourth-order valence-corrected chi connectivity index (χ4v) is 2.59. The third-order valence-corrected chi connectivity index (χ3v) is 4.01. The molecule has 1 amide bonds. The van der Waals surface area contributed by atoms with Crippen molar-refractivity contribution in [3.8, 4) is 17.2 Å². The van der Waals surface area contributed by atoms with Crippen LogP contribution in [0.4, 0.5) is 14.5 Å². The second kappa shape index (κ2) is 8.66. The minimum Gasteiger partial charge on any atom is -0.493 e. The van der Waals surface area contributed by atoms with Gasteiger partial charge in [-0.1, -0.05) is 15.9 Å². The lowest BCUT2D eigenvalue weighted by atomic mass is 10.1. The summed E-state index contributed by atoms with van der Waals surface area (Å²) >= 11 is 3.39. The Hall–Kier alpha value is -2.35. The number of alkyl halides is 2. The summed E-state index contributed by atoms with van der Waals surface area (Å²) in [5, 5.41) is 2.69. The number of rotatable bonds is 7. The molecule has 0 fully saturated rings. The maximum Gasteiger partial charge on any atom is 0.387 e. The first-order valence-electron chi connectivity index (χ1n) is 7.18. The topological polar surface area (TPSA) is 56.8 Å². The molecule has 0 aliphatic carbocycles. The molecule has 25 heavy (non-hydrogen) atoms. The molecule has 0 atom stereocenters. The van der Waals surface area contributed by atoms with Gasteiger partial charge in [-0.2, -0.15) is 8.78 Å². The monoisotopic (exact) mass is 415 g/mol. The number of ether oxygens (including phenoxy) is 3. The smallest absolute Gasteiger partial charge is 0.387 e. The second-order valence-electron chi connectivity index (χ2n) is 4.93. The molecule has 2 rings (SSSR count). The predicted octanol–water partition coefficient (Wildman–Crippen LogP) is 4.25. The van der Waals surface area contributed by atoms with E-state index in [0.717, 1.165) is 0 Å². The summed E-state index contributed by atoms with van der Waals surface area (Å²) in [7, 11) is 3.04. The number of carbonyl (C=O) groups is 1. The van der Waals surface area contributed by atoms with Gasteiger partial charge in [0.1, 0.15) is 5.75 Å². The molecule has 1 N–H and O–H groups in total. The Balaban J connectivity index is 2.05. The van der Waals surface area contributed by atoms with Crippen molar-refractivity contribution < 1.29 is 27.8 Å². The van der Waals surface area contributed by atoms with E-state index in [9.17, 15) is 13.6 Å². The number of methoxy groups -OCH3 is 2. The van der Waals surface area contributed by atoms with Gasteiger partial charge < -0.3 is 19.5 Å². The zero-order valence-electron chi connectivity index (χ0n) is 13.5. The van der Waals surface area contributed by atoms with E-state index in [0.29, 0.717) is 27.2 Å². The van der Waals surface area contributed by atoms with Crippen LogP contribution in [0.3, 0.4) is 0 Å². The van der Waals surface area contributed by atoms with Crippen molar-refractivity contribution in [3.63, 3.8) is 0 Å². The molecule has 0 aliphatic rings. The largest absolute Gasteiger partial charge is 0.493 e. The van der Waals surface area contributed by atoms with Gasteiger partial charge in [-0.15, -0.1) is 0 Å². The van der Waals surface area contributed by atoms with E-state index in [1.807, 2.05) is 0 Å². The van der Waals surface area contributed by atoms with Gasteiger partial charge in [-0.3, -0.25) is 4.79 Å². The Bertz CT molecular complexity index is 738. The van der Waals surface area contributed by atoms with Crippen LogP contribution < -0.4 is 19.5 Å². The molecular weight excluding hydrogens is 400 g/mol. The molecule has 0 unspecified atom stereocenters. The van der Waals surface area contributed by atoms with Crippen LogP contribution in [0.1, 0.15) is 5.56 Å². The molecule has 0 radical (unpaired) electrons. The van der Waals surface area contributed by atoms with Crippen LogP contribution >= 0.6 is 15.9 Å². The number of carbonyl (C=O) groups excluding carboxylic acids is 1. The lowest BCUT2D eigenvalue weighted by Crippen LogP contribution is -2.15. The third-order valence-electron chi connectivity index (χ3n) is 3.27. The Morgan fingerprint density at radius 2 is 1.72 bits per heavy atom. The number of nitrogens with one attached hydrogen (secondary N) is 1. The van der Waals surface area contributed by atoms with Gasteiger partial charge in [-0.25, -0.2) is 0 Å². The van der Waals surface area contributed by atoms with E-state index in [4.69, 9.17) is 9.47 Å². The molecule has 0 aromatic heterocycles. The van der Waals surface area contributed by atoms with Gasteiger partial charge >= 0.3 is 6.61 Å². The van der Waals surface area contributed by atoms with E-state index in [1.54, 1.807) is 12.1 Å². The molecule has 0 saturated carbocycles. The van der Waals surface area contributed by atoms with Crippen LogP contribution in [0, 0.1) is 0 Å². The van der Waals surface area contributed by atoms with Gasteiger partial charge in [0.25, 0.3) is 0 Å². The Morgan fingerprint density at radius 3 is 2.28 bits per heavy atom. The maximum atomic E-state index is 12.2. The average Bonchev–Trinajstić information content (AvgIpc) is 2.57. The highest BCUT2D eigenvalue weighted by atomic mass is 79.9. The van der Waals surface area contributed by atoms with Crippen molar-refractivity contribution >= 4 is 27.5 Å². The van der Waals surface area contributed by atoms with Crippen LogP contribution in [0.25, 0.3) is 0 Å². The quantitative estimate of drug-likeness (QED) is 0.734. The molecule has 0 saturated heterocycles. The van der Waals surface area contributed by atoms with Crippen molar-refractivity contribution in [2.24, 2.45) is 0 Å². The Kier molecular flexibility index (Phi) is 6.58. The fraction of sp³-hybridized carbons (Fsp3) is 0.235. The predicted molar refractivity (Wildman–Crippen MR) is 92.7 cm³/mol. The first-order chi connectivity index (χ1) is 11.9. The highest BCUT2D eigenvalue weighted by Crippen LogP contribution is 2.33. The summed E-state index contributed by atoms with van der Waals surface area (Å²) in [6.07, 6.45) is 0.0935. The highest BCUT2D eigenvalue weighted by Gasteiger charge is 2.13. The number of hydrogen-bond donors (Lipinski definition) is 1. The summed E-state index contributed by atoms with van der Waals surface area (Å²) in [5.74, 6) is 0.821. The van der Waals surface area contributed by atoms with Gasteiger partial charge in [0.15, 0.2) is 11.5 Å². The molecule has 0 aliphatic heterocycles. The van der Waals surface area contributed by atoms with Crippen LogP contribution in [0.2, 0.25) is 0 Å². The number of halogens is 3. The van der Waals surface area contributed by atoms with Crippen LogP contribution in [-0.4, -0.2) is 26.7 Å². The molecule has 5 nitrogen and oxygen atoms in total. The number of anilines is 1. The lowest BCUT2D eigenvalue weighted by Gasteiger charge is -2.12. The highest BCUT2D eigenvalue weighted by molar-refractivity contribution is 9.10. The Morgan fingerprint density at radius 1 is 1.12 bits per heavy atom. The van der Waals surface area contributed by atoms with Crippen molar-refractivity contribution in [1.29, 1.82) is 0 Å². The van der Waals surface area contributed by atoms with Crippen LogP contribution in [0.15, 0.2) is 40.9 Å². The minimum atomic E-state index is -2.89. The maximum absolute atomic E-state index is 12.2. The van der Waals surface area contributed by atoms with E-state index < -0.39 is 6.61 Å². The van der Waals surface area contributed by atoms with Gasteiger partial charge in [0.05, 0.1) is 20.6 Å². The van der Waals surface area contributed by atoms with Crippen LogP contribution in [0.5, 0.6) is 17.2 Å². The van der Waals surface area contributed by atoms with Crippen LogP contribution in [-0.2, 0) is 11.2 Å². The SMILES string of the molecule is COc1cc(Br)c(CC(=O)Nc2ccc(OC(F)F)cc2)cc1OC. The summed E-state index contributed by atoms with van der Waals surface area (Å²) in [5.41, 5.74) is 1.19. The summed E-state index contributed by atoms with van der Waals surface area (Å²) in [6, 6.07) is 9.11. The van der Waals surface area contributed by atoms with Crippen molar-refractivity contribution in [1.82, 2.24) is 0 Å². The van der Waals surface area contributed by atoms with E-state index >= 15 is 0 Å². The van der Waals surface area contributed by atoms with Crippen molar-refractivity contribution in [2.75, 3.05) is 19.5 Å². The summed E-state index contributed by atoms with van der Waals surface area (Å²) < 4.78 is 39.6. The van der Waals surface area contributed by atoms with Crippen molar-refractivity contribution in [2.45, 2.75) is 13.0 Å². The van der Waals surface area contributed by atoms with E-state index in [1.165, 1.54) is 38.5 Å². The standard InChI is InChI=1S/C17H16BrF2NO4/c1-23-14-7-10(13(18)9-15(14)24-2)8-16(22)21-11-3-5-12(6-4-11)25-17(19)20/h3-7,9,17H,8H2,1-2H3,(H,21,22). The number of benzene rings is 2. The summed E-state index contributed by atoms with van der Waals surface area (Å²) in [6.45, 7) is -2.89. The first kappa shape index (κ1) is 19.0. The molecule has 2 aromatic carbocycles. The fourth-order valence-electron chi connectivity index (χ4n) is 2.13. The van der Waals surface area contributed by atoms with Gasteiger partial charge in [-0.05, 0) is 42.0 Å². The molecule has 0 spiro atoms. The molecule has 0 heterocycles. The van der Waals surface area contributed by atoms with E-state index in [2.05, 4.69) is 26.0 Å². The first-order valence-corrected chi connectivity index (χ1v) is 7.97. The molecule has 134 valence electrons. The summed E-state index contributed by atoms with van der Waals surface area (Å²) in [4.78, 5) is 12.2. The molecule has 0 bridgehead atoms. The second-order valence-corrected chi connectivity index (χ2v) is 5.78. The zero-order chi connectivity index (χ0) is 18.4.